The minimum atomic E-state index is 0.996. The Balaban J connectivity index is 1.38. The van der Waals surface area contributed by atoms with E-state index in [2.05, 4.69) is 150 Å². The van der Waals surface area contributed by atoms with Crippen LogP contribution < -0.4 is 0 Å². The Kier molecular flexibility index (Phi) is 5.10. The van der Waals surface area contributed by atoms with Crippen molar-refractivity contribution in [3.8, 4) is 28.1 Å². The number of benzene rings is 6. The topological polar surface area (TPSA) is 17.8 Å². The average molecular weight is 553 g/mol. The van der Waals surface area contributed by atoms with Gasteiger partial charge in [-0.25, -0.2) is 4.98 Å². The molecule has 9 rings (SSSR count). The molecule has 0 aliphatic heterocycles. The Morgan fingerprint density at radius 1 is 0.476 bits per heavy atom. The highest BCUT2D eigenvalue weighted by Crippen LogP contribution is 2.47. The molecule has 0 fully saturated rings. The maximum absolute atomic E-state index is 5.06. The molecule has 42 heavy (non-hydrogen) atoms. The molecule has 0 unspecified atom stereocenters. The zero-order valence-corrected chi connectivity index (χ0v) is 23.5. The van der Waals surface area contributed by atoms with Crippen molar-refractivity contribution >= 4 is 64.2 Å². The highest BCUT2D eigenvalue weighted by molar-refractivity contribution is 7.27. The van der Waals surface area contributed by atoms with Gasteiger partial charge in [-0.2, -0.15) is 0 Å². The van der Waals surface area contributed by atoms with E-state index in [0.29, 0.717) is 0 Å². The molecule has 0 aliphatic carbocycles. The van der Waals surface area contributed by atoms with Crippen molar-refractivity contribution in [3.05, 3.63) is 146 Å². The van der Waals surface area contributed by atoms with Gasteiger partial charge in [0.25, 0.3) is 0 Å². The first kappa shape index (κ1) is 23.5. The average Bonchev–Trinajstić information content (AvgIpc) is 3.61. The molecule has 6 aromatic carbocycles. The molecule has 0 N–H and O–H groups in total. The number of hydrogen-bond acceptors (Lipinski definition) is 2. The summed E-state index contributed by atoms with van der Waals surface area (Å²) in [6.07, 6.45) is 0. The lowest BCUT2D eigenvalue weighted by Crippen LogP contribution is -1.92. The summed E-state index contributed by atoms with van der Waals surface area (Å²) in [5.41, 5.74) is 9.27. The molecule has 0 saturated carbocycles. The van der Waals surface area contributed by atoms with E-state index in [9.17, 15) is 0 Å². The Labute approximate surface area is 246 Å². The number of pyridine rings is 1. The summed E-state index contributed by atoms with van der Waals surface area (Å²) in [6.45, 7) is 0. The molecule has 2 nitrogen and oxygen atoms in total. The summed E-state index contributed by atoms with van der Waals surface area (Å²) >= 11 is 1.91. The number of rotatable bonds is 3. The third kappa shape index (κ3) is 3.41. The van der Waals surface area contributed by atoms with E-state index in [0.717, 1.165) is 16.8 Å². The first-order valence-corrected chi connectivity index (χ1v) is 15.1. The minimum absolute atomic E-state index is 0.996. The summed E-state index contributed by atoms with van der Waals surface area (Å²) in [4.78, 5) is 5.06. The van der Waals surface area contributed by atoms with Gasteiger partial charge in [-0.15, -0.1) is 11.3 Å². The predicted molar refractivity (Wildman–Crippen MR) is 180 cm³/mol. The van der Waals surface area contributed by atoms with E-state index in [1.165, 1.54) is 64.2 Å². The molecule has 0 amide bonds. The molecule has 0 bridgehead atoms. The van der Waals surface area contributed by atoms with Crippen molar-refractivity contribution in [1.29, 1.82) is 0 Å². The van der Waals surface area contributed by atoms with Crippen LogP contribution in [-0.2, 0) is 0 Å². The number of hydrogen-bond donors (Lipinski definition) is 0. The largest absolute Gasteiger partial charge is 0.309 e. The molecule has 3 aromatic heterocycles. The fourth-order valence-electron chi connectivity index (χ4n) is 6.53. The van der Waals surface area contributed by atoms with Gasteiger partial charge in [0.05, 0.1) is 22.2 Å². The van der Waals surface area contributed by atoms with Crippen molar-refractivity contribution in [3.63, 3.8) is 0 Å². The van der Waals surface area contributed by atoms with Crippen LogP contribution in [0.25, 0.3) is 81.0 Å². The Bertz CT molecular complexity index is 2450. The van der Waals surface area contributed by atoms with Gasteiger partial charge >= 0.3 is 0 Å². The van der Waals surface area contributed by atoms with Crippen molar-refractivity contribution < 1.29 is 0 Å². The summed E-state index contributed by atoms with van der Waals surface area (Å²) in [5, 5.41) is 6.39. The van der Waals surface area contributed by atoms with Crippen LogP contribution in [0, 0.1) is 0 Å². The molecule has 196 valence electrons. The summed E-state index contributed by atoms with van der Waals surface area (Å²) < 4.78 is 5.05. The quantitative estimate of drug-likeness (QED) is 0.213. The molecular weight excluding hydrogens is 529 g/mol. The molecular formula is C39H24N2S. The Hall–Kier alpha value is -5.25. The van der Waals surface area contributed by atoms with Gasteiger partial charge in [0, 0.05) is 53.1 Å². The zero-order valence-electron chi connectivity index (χ0n) is 22.7. The molecule has 3 heterocycles. The molecule has 3 heteroatoms. The van der Waals surface area contributed by atoms with Gasteiger partial charge in [0.15, 0.2) is 0 Å². The standard InChI is InChI=1S/C39H24N2S/c1-3-12-25(13-4-1)34-24-32(27-16-7-9-20-33(27)40-34)29-19-11-18-28-30-22-23-36-37(39(30)42-38(28)29)31-17-8-10-21-35(31)41(36)26-14-5-2-6-15-26/h1-24H. The molecule has 0 atom stereocenters. The van der Waals surface area contributed by atoms with Gasteiger partial charge < -0.3 is 4.57 Å². The van der Waals surface area contributed by atoms with Crippen LogP contribution in [0.3, 0.4) is 0 Å². The summed E-state index contributed by atoms with van der Waals surface area (Å²) in [6, 6.07) is 52.2. The van der Waals surface area contributed by atoms with Crippen molar-refractivity contribution in [1.82, 2.24) is 9.55 Å². The smallest absolute Gasteiger partial charge is 0.0715 e. The van der Waals surface area contributed by atoms with E-state index in [4.69, 9.17) is 4.98 Å². The van der Waals surface area contributed by atoms with Crippen molar-refractivity contribution in [2.75, 3.05) is 0 Å². The van der Waals surface area contributed by atoms with Crippen LogP contribution in [0.15, 0.2) is 146 Å². The van der Waals surface area contributed by atoms with Gasteiger partial charge in [-0.3, -0.25) is 0 Å². The van der Waals surface area contributed by atoms with Gasteiger partial charge in [0.1, 0.15) is 0 Å². The fraction of sp³-hybridized carbons (Fsp3) is 0. The van der Waals surface area contributed by atoms with E-state index in [1.54, 1.807) is 0 Å². The minimum Gasteiger partial charge on any atom is -0.309 e. The highest BCUT2D eigenvalue weighted by atomic mass is 32.1. The van der Waals surface area contributed by atoms with E-state index < -0.39 is 0 Å². The van der Waals surface area contributed by atoms with E-state index in [-0.39, 0.29) is 0 Å². The second-order valence-corrected chi connectivity index (χ2v) is 11.8. The molecule has 9 aromatic rings. The molecule has 0 spiro atoms. The molecule has 0 aliphatic rings. The first-order valence-electron chi connectivity index (χ1n) is 14.2. The van der Waals surface area contributed by atoms with Crippen LogP contribution in [0.4, 0.5) is 0 Å². The summed E-state index contributed by atoms with van der Waals surface area (Å²) in [5.74, 6) is 0. The fourth-order valence-corrected chi connectivity index (χ4v) is 7.91. The predicted octanol–water partition coefficient (Wildman–Crippen LogP) is 11.0. The lowest BCUT2D eigenvalue weighted by Gasteiger charge is -2.11. The van der Waals surface area contributed by atoms with Gasteiger partial charge in [-0.05, 0) is 42.0 Å². The highest BCUT2D eigenvalue weighted by Gasteiger charge is 2.19. The number of para-hydroxylation sites is 3. The van der Waals surface area contributed by atoms with Crippen LogP contribution >= 0.6 is 11.3 Å². The van der Waals surface area contributed by atoms with E-state index >= 15 is 0 Å². The van der Waals surface area contributed by atoms with Crippen LogP contribution in [0.5, 0.6) is 0 Å². The lowest BCUT2D eigenvalue weighted by molar-refractivity contribution is 1.18. The molecule has 0 saturated heterocycles. The maximum Gasteiger partial charge on any atom is 0.0715 e. The second kappa shape index (κ2) is 9.13. The number of fused-ring (bicyclic) bond motifs is 8. The van der Waals surface area contributed by atoms with Crippen LogP contribution in [-0.4, -0.2) is 9.55 Å². The third-order valence-electron chi connectivity index (χ3n) is 8.39. The first-order chi connectivity index (χ1) is 20.8. The summed E-state index contributed by atoms with van der Waals surface area (Å²) in [7, 11) is 0. The maximum atomic E-state index is 5.06. The van der Waals surface area contributed by atoms with Crippen LogP contribution in [0.2, 0.25) is 0 Å². The lowest BCUT2D eigenvalue weighted by atomic mass is 9.97. The SMILES string of the molecule is c1ccc(-c2cc(-c3cccc4c3sc3c4ccc4c3c3ccccc3n4-c3ccccc3)c3ccccc3n2)cc1. The number of nitrogens with zero attached hydrogens (tertiary/aromatic N) is 2. The van der Waals surface area contributed by atoms with Gasteiger partial charge in [0.2, 0.25) is 0 Å². The normalized spacial score (nSPS) is 11.8. The third-order valence-corrected chi connectivity index (χ3v) is 9.66. The van der Waals surface area contributed by atoms with Crippen molar-refractivity contribution in [2.24, 2.45) is 0 Å². The monoisotopic (exact) mass is 552 g/mol. The zero-order chi connectivity index (χ0) is 27.6. The van der Waals surface area contributed by atoms with Crippen LogP contribution in [0.1, 0.15) is 0 Å². The van der Waals surface area contributed by atoms with Gasteiger partial charge in [-0.1, -0.05) is 109 Å². The molecule has 0 radical (unpaired) electrons. The number of thiophene rings is 1. The van der Waals surface area contributed by atoms with Crippen molar-refractivity contribution in [2.45, 2.75) is 0 Å². The Morgan fingerprint density at radius 3 is 2.02 bits per heavy atom. The Morgan fingerprint density at radius 2 is 1.17 bits per heavy atom. The van der Waals surface area contributed by atoms with E-state index in [1.807, 2.05) is 11.3 Å². The number of aromatic nitrogens is 2. The second-order valence-electron chi connectivity index (χ2n) is 10.7.